The highest BCUT2D eigenvalue weighted by Gasteiger charge is 2.24. The number of rotatable bonds is 5. The van der Waals surface area contributed by atoms with Gasteiger partial charge in [-0.1, -0.05) is 29.8 Å². The van der Waals surface area contributed by atoms with Crippen LogP contribution in [0.4, 0.5) is 5.69 Å². The summed E-state index contributed by atoms with van der Waals surface area (Å²) in [7, 11) is 3.60. The van der Waals surface area contributed by atoms with Crippen molar-refractivity contribution in [2.24, 2.45) is 5.10 Å². The highest BCUT2D eigenvalue weighted by atomic mass is 35.5. The van der Waals surface area contributed by atoms with Gasteiger partial charge < -0.3 is 14.7 Å². The summed E-state index contributed by atoms with van der Waals surface area (Å²) in [6.07, 6.45) is 1.59. The first-order valence-corrected chi connectivity index (χ1v) is 8.14. The van der Waals surface area contributed by atoms with Gasteiger partial charge >= 0.3 is 0 Å². The molecule has 0 unspecified atom stereocenters. The third-order valence-corrected chi connectivity index (χ3v) is 4.26. The van der Waals surface area contributed by atoms with Gasteiger partial charge in [-0.15, -0.1) is 0 Å². The number of halogens is 2. The van der Waals surface area contributed by atoms with Crippen LogP contribution in [-0.4, -0.2) is 31.2 Å². The SMILES string of the molecule is C=C(/C=N\N(C)C)c1c(C(=O)Nc2ccc(Cl)c(Cl)c2)c2ccc1o2. The summed E-state index contributed by atoms with van der Waals surface area (Å²) in [6.45, 7) is 3.99. The van der Waals surface area contributed by atoms with Crippen LogP contribution < -0.4 is 5.32 Å². The molecule has 0 aliphatic carbocycles. The smallest absolute Gasteiger partial charge is 0.260 e. The zero-order chi connectivity index (χ0) is 18.1. The number of amides is 1. The van der Waals surface area contributed by atoms with E-state index in [1.807, 2.05) is 0 Å². The van der Waals surface area contributed by atoms with Crippen LogP contribution >= 0.6 is 23.2 Å². The number of hydrogen-bond donors (Lipinski definition) is 1. The predicted molar refractivity (Wildman–Crippen MR) is 103 cm³/mol. The van der Waals surface area contributed by atoms with Crippen molar-refractivity contribution in [2.75, 3.05) is 19.4 Å². The zero-order valence-corrected chi connectivity index (χ0v) is 15.1. The summed E-state index contributed by atoms with van der Waals surface area (Å²) < 4.78 is 5.63. The maximum absolute atomic E-state index is 12.8. The Balaban J connectivity index is 1.93. The van der Waals surface area contributed by atoms with E-state index in [0.717, 1.165) is 0 Å². The van der Waals surface area contributed by atoms with Crippen LogP contribution in [-0.2, 0) is 0 Å². The minimum absolute atomic E-state index is 0.317. The highest BCUT2D eigenvalue weighted by Crippen LogP contribution is 2.34. The average molecular weight is 376 g/mol. The number of hydrogen-bond acceptors (Lipinski definition) is 4. The normalized spacial score (nSPS) is 11.4. The summed E-state index contributed by atoms with van der Waals surface area (Å²) in [4.78, 5) is 12.8. The van der Waals surface area contributed by atoms with E-state index in [-0.39, 0.29) is 5.91 Å². The van der Waals surface area contributed by atoms with Gasteiger partial charge in [0.1, 0.15) is 11.2 Å². The van der Waals surface area contributed by atoms with E-state index in [9.17, 15) is 4.79 Å². The van der Waals surface area contributed by atoms with E-state index in [2.05, 4.69) is 17.0 Å². The maximum atomic E-state index is 12.8. The molecule has 1 amide bonds. The minimum Gasteiger partial charge on any atom is -0.456 e. The van der Waals surface area contributed by atoms with E-state index in [1.165, 1.54) is 0 Å². The van der Waals surface area contributed by atoms with Crippen molar-refractivity contribution in [3.63, 3.8) is 0 Å². The van der Waals surface area contributed by atoms with E-state index in [0.29, 0.717) is 43.6 Å². The Morgan fingerprint density at radius 1 is 1.16 bits per heavy atom. The number of fused-ring (bicyclic) bond motifs is 2. The van der Waals surface area contributed by atoms with Crippen molar-refractivity contribution < 1.29 is 9.21 Å². The van der Waals surface area contributed by atoms with Crippen LogP contribution in [0.3, 0.4) is 0 Å². The molecule has 128 valence electrons. The van der Waals surface area contributed by atoms with Gasteiger partial charge in [-0.3, -0.25) is 4.79 Å². The second-order valence-electron chi connectivity index (χ2n) is 5.61. The van der Waals surface area contributed by atoms with E-state index in [4.69, 9.17) is 27.6 Å². The molecule has 1 N–H and O–H groups in total. The molecule has 2 heterocycles. The van der Waals surface area contributed by atoms with Crippen molar-refractivity contribution in [3.05, 3.63) is 58.1 Å². The first-order valence-electron chi connectivity index (χ1n) is 7.38. The molecular formula is C18H15Cl2N3O2. The van der Waals surface area contributed by atoms with Gasteiger partial charge in [0.15, 0.2) is 0 Å². The van der Waals surface area contributed by atoms with Gasteiger partial charge in [0, 0.05) is 25.3 Å². The summed E-state index contributed by atoms with van der Waals surface area (Å²) in [5.74, 6) is -0.317. The van der Waals surface area contributed by atoms with Crippen molar-refractivity contribution in [2.45, 2.75) is 0 Å². The van der Waals surface area contributed by atoms with Gasteiger partial charge in [-0.05, 0) is 35.9 Å². The summed E-state index contributed by atoms with van der Waals surface area (Å²) >= 11 is 11.9. The fourth-order valence-corrected chi connectivity index (χ4v) is 2.71. The number of carbonyl (C=O) groups is 1. The monoisotopic (exact) mass is 375 g/mol. The molecule has 5 nitrogen and oxygen atoms in total. The molecule has 3 aromatic rings. The molecule has 0 saturated carbocycles. The topological polar surface area (TPSA) is 57.8 Å². The molecule has 0 saturated heterocycles. The van der Waals surface area contributed by atoms with Crippen LogP contribution in [0.2, 0.25) is 10.0 Å². The molecule has 1 aromatic carbocycles. The van der Waals surface area contributed by atoms with Gasteiger partial charge in [-0.2, -0.15) is 5.10 Å². The maximum Gasteiger partial charge on any atom is 0.260 e. The molecule has 0 fully saturated rings. The molecule has 2 bridgehead atoms. The summed E-state index contributed by atoms with van der Waals surface area (Å²) in [5, 5.41) is 9.39. The number of anilines is 1. The fourth-order valence-electron chi connectivity index (χ4n) is 2.41. The highest BCUT2D eigenvalue weighted by molar-refractivity contribution is 6.42. The van der Waals surface area contributed by atoms with Gasteiger partial charge in [-0.25, -0.2) is 0 Å². The Morgan fingerprint density at radius 3 is 2.48 bits per heavy atom. The van der Waals surface area contributed by atoms with Gasteiger partial charge in [0.05, 0.1) is 21.8 Å². The second kappa shape index (κ2) is 6.78. The van der Waals surface area contributed by atoms with Crippen LogP contribution in [0.25, 0.3) is 16.7 Å². The fraction of sp³-hybridized carbons (Fsp3) is 0.111. The number of hydrazone groups is 1. The molecule has 0 atom stereocenters. The molecule has 0 spiro atoms. The molecule has 2 aromatic heterocycles. The lowest BCUT2D eigenvalue weighted by molar-refractivity contribution is 0.102. The quantitative estimate of drug-likeness (QED) is 0.504. The number of furan rings is 2. The Bertz CT molecular complexity index is 976. The van der Waals surface area contributed by atoms with Crippen LogP contribution in [0, 0.1) is 0 Å². The zero-order valence-electron chi connectivity index (χ0n) is 13.6. The largest absolute Gasteiger partial charge is 0.456 e. The first kappa shape index (κ1) is 17.3. The van der Waals surface area contributed by atoms with Crippen molar-refractivity contribution in [1.82, 2.24) is 5.01 Å². The lowest BCUT2D eigenvalue weighted by Gasteiger charge is -2.09. The Kier molecular flexibility index (Phi) is 4.70. The van der Waals surface area contributed by atoms with Gasteiger partial charge in [0.25, 0.3) is 5.91 Å². The second-order valence-corrected chi connectivity index (χ2v) is 6.43. The predicted octanol–water partition coefficient (Wildman–Crippen LogP) is 4.99. The van der Waals surface area contributed by atoms with Crippen LogP contribution in [0.15, 0.2) is 46.4 Å². The standard InChI is InChI=1S/C18H15Cl2N3O2/c1-10(9-21-23(2)3)16-14-6-7-15(25-14)17(16)18(24)22-11-4-5-12(19)13(20)8-11/h4-9H,1H2,2-3H3,(H,22,24)/b21-9-. The summed E-state index contributed by atoms with van der Waals surface area (Å²) in [5.41, 5.74) is 3.24. The third kappa shape index (κ3) is 3.48. The number of nitrogens with zero attached hydrogens (tertiary/aromatic N) is 2. The van der Waals surface area contributed by atoms with E-state index >= 15 is 0 Å². The average Bonchev–Trinajstić information content (AvgIpc) is 3.17. The number of benzene rings is 2. The van der Waals surface area contributed by atoms with Crippen molar-refractivity contribution in [1.29, 1.82) is 0 Å². The van der Waals surface area contributed by atoms with Crippen molar-refractivity contribution in [3.8, 4) is 0 Å². The number of carbonyl (C=O) groups excluding carboxylic acids is 1. The van der Waals surface area contributed by atoms with Crippen LogP contribution in [0.1, 0.15) is 15.9 Å². The third-order valence-electron chi connectivity index (χ3n) is 3.52. The molecule has 0 aliphatic rings. The molecule has 25 heavy (non-hydrogen) atoms. The Labute approximate surface area is 154 Å². The molecule has 3 rings (SSSR count). The lowest BCUT2D eigenvalue weighted by Crippen LogP contribution is -2.14. The first-order chi connectivity index (χ1) is 11.9. The Hall–Kier alpha value is -2.50. The van der Waals surface area contributed by atoms with E-state index in [1.54, 1.807) is 55.7 Å². The van der Waals surface area contributed by atoms with Crippen LogP contribution in [0.5, 0.6) is 0 Å². The van der Waals surface area contributed by atoms with Crippen molar-refractivity contribution >= 4 is 57.8 Å². The molecule has 0 radical (unpaired) electrons. The number of allylic oxidation sites excluding steroid dienone is 1. The lowest BCUT2D eigenvalue weighted by atomic mass is 10.0. The molecular weight excluding hydrogens is 361 g/mol. The minimum atomic E-state index is -0.317. The summed E-state index contributed by atoms with van der Waals surface area (Å²) in [6, 6.07) is 8.44. The molecule has 7 heteroatoms. The molecule has 0 aliphatic heterocycles. The van der Waals surface area contributed by atoms with Gasteiger partial charge in [0.2, 0.25) is 0 Å². The Morgan fingerprint density at radius 2 is 1.84 bits per heavy atom. The number of nitrogens with one attached hydrogen (secondary N) is 1. The van der Waals surface area contributed by atoms with E-state index < -0.39 is 0 Å².